The molecule has 19 heavy (non-hydrogen) atoms. The van der Waals surface area contributed by atoms with Gasteiger partial charge in [-0.3, -0.25) is 4.79 Å². The molecule has 5 heteroatoms. The molecule has 1 atom stereocenters. The molecule has 2 rings (SSSR count). The minimum Gasteiger partial charge on any atom is -0.383 e. The molecule has 0 radical (unpaired) electrons. The summed E-state index contributed by atoms with van der Waals surface area (Å²) in [4.78, 5) is 12.9. The lowest BCUT2D eigenvalue weighted by atomic mass is 10.1. The third kappa shape index (κ3) is 3.43. The Bertz CT molecular complexity index is 567. The van der Waals surface area contributed by atoms with E-state index in [1.807, 2.05) is 29.6 Å². The number of benzene rings is 1. The Hall–Kier alpha value is -1.17. The Kier molecular flexibility index (Phi) is 4.39. The standard InChI is InChI=1S/C14H14BrNO2S/c1-14(18,12-7-4-8-19-12)9-16-13(17)10-5-2-3-6-11(10)15/h2-8,18H,9H2,1H3,(H,16,17)/t14-/m1/s1. The first-order valence-electron chi connectivity index (χ1n) is 5.80. The molecule has 0 spiro atoms. The van der Waals surface area contributed by atoms with Crippen LogP contribution in [0.1, 0.15) is 22.2 Å². The van der Waals surface area contributed by atoms with Crippen LogP contribution < -0.4 is 5.32 Å². The third-order valence-corrected chi connectivity index (χ3v) is 4.58. The molecule has 0 saturated carbocycles. The number of thiophene rings is 1. The average Bonchev–Trinajstić information content (AvgIpc) is 2.91. The van der Waals surface area contributed by atoms with Crippen molar-refractivity contribution in [2.24, 2.45) is 0 Å². The molecule has 100 valence electrons. The molecule has 1 amide bonds. The van der Waals surface area contributed by atoms with Gasteiger partial charge >= 0.3 is 0 Å². The van der Waals surface area contributed by atoms with Crippen LogP contribution in [0.2, 0.25) is 0 Å². The lowest BCUT2D eigenvalue weighted by molar-refractivity contribution is 0.0556. The molecule has 0 aliphatic carbocycles. The summed E-state index contributed by atoms with van der Waals surface area (Å²) in [7, 11) is 0. The Morgan fingerprint density at radius 2 is 2.11 bits per heavy atom. The number of hydrogen-bond donors (Lipinski definition) is 2. The van der Waals surface area contributed by atoms with Crippen molar-refractivity contribution in [1.29, 1.82) is 0 Å². The Balaban J connectivity index is 2.03. The fourth-order valence-corrected chi connectivity index (χ4v) is 2.92. The van der Waals surface area contributed by atoms with Crippen molar-refractivity contribution in [3.63, 3.8) is 0 Å². The molecule has 2 aromatic rings. The van der Waals surface area contributed by atoms with E-state index in [9.17, 15) is 9.90 Å². The number of aliphatic hydroxyl groups is 1. The van der Waals surface area contributed by atoms with E-state index in [0.717, 1.165) is 9.35 Å². The number of carbonyl (C=O) groups is 1. The van der Waals surface area contributed by atoms with Gasteiger partial charge in [0.15, 0.2) is 0 Å². The molecule has 1 aromatic heterocycles. The quantitative estimate of drug-likeness (QED) is 0.898. The van der Waals surface area contributed by atoms with Crippen LogP contribution in [0, 0.1) is 0 Å². The maximum atomic E-state index is 12.0. The van der Waals surface area contributed by atoms with Crippen molar-refractivity contribution in [1.82, 2.24) is 5.32 Å². The van der Waals surface area contributed by atoms with Crippen molar-refractivity contribution < 1.29 is 9.90 Å². The fraction of sp³-hybridized carbons (Fsp3) is 0.214. The smallest absolute Gasteiger partial charge is 0.252 e. The van der Waals surface area contributed by atoms with Crippen LogP contribution >= 0.6 is 27.3 Å². The molecule has 3 nitrogen and oxygen atoms in total. The number of halogens is 1. The van der Waals surface area contributed by atoms with E-state index >= 15 is 0 Å². The van der Waals surface area contributed by atoms with E-state index in [-0.39, 0.29) is 12.5 Å². The van der Waals surface area contributed by atoms with E-state index in [4.69, 9.17) is 0 Å². The largest absolute Gasteiger partial charge is 0.383 e. The topological polar surface area (TPSA) is 49.3 Å². The monoisotopic (exact) mass is 339 g/mol. The molecule has 0 bridgehead atoms. The van der Waals surface area contributed by atoms with Crippen molar-refractivity contribution in [2.45, 2.75) is 12.5 Å². The van der Waals surface area contributed by atoms with Crippen LogP contribution in [0.3, 0.4) is 0 Å². The molecule has 1 heterocycles. The van der Waals surface area contributed by atoms with E-state index in [1.165, 1.54) is 11.3 Å². The fourth-order valence-electron chi connectivity index (χ4n) is 1.67. The lowest BCUT2D eigenvalue weighted by Gasteiger charge is -2.22. The van der Waals surface area contributed by atoms with Crippen LogP contribution in [0.5, 0.6) is 0 Å². The first-order valence-corrected chi connectivity index (χ1v) is 7.47. The van der Waals surface area contributed by atoms with Gasteiger partial charge in [-0.15, -0.1) is 11.3 Å². The first kappa shape index (κ1) is 14.2. The Morgan fingerprint density at radius 3 is 2.74 bits per heavy atom. The lowest BCUT2D eigenvalue weighted by Crippen LogP contribution is -2.38. The molecule has 0 unspecified atom stereocenters. The number of hydrogen-bond acceptors (Lipinski definition) is 3. The molecule has 0 saturated heterocycles. The van der Waals surface area contributed by atoms with Gasteiger partial charge < -0.3 is 10.4 Å². The summed E-state index contributed by atoms with van der Waals surface area (Å²) >= 11 is 4.80. The second-order valence-corrected chi connectivity index (χ2v) is 6.22. The molecule has 1 aromatic carbocycles. The highest BCUT2D eigenvalue weighted by Crippen LogP contribution is 2.24. The summed E-state index contributed by atoms with van der Waals surface area (Å²) in [6, 6.07) is 10.9. The summed E-state index contributed by atoms with van der Waals surface area (Å²) in [6.07, 6.45) is 0. The molecule has 0 aliphatic rings. The SMILES string of the molecule is C[C@@](O)(CNC(=O)c1ccccc1Br)c1cccs1. The van der Waals surface area contributed by atoms with E-state index in [1.54, 1.807) is 19.1 Å². The van der Waals surface area contributed by atoms with Gasteiger partial charge in [-0.05, 0) is 46.4 Å². The molecule has 0 fully saturated rings. The maximum absolute atomic E-state index is 12.0. The highest BCUT2D eigenvalue weighted by atomic mass is 79.9. The molecular formula is C14H14BrNO2S. The summed E-state index contributed by atoms with van der Waals surface area (Å²) in [5.41, 5.74) is -0.491. The van der Waals surface area contributed by atoms with Gasteiger partial charge in [0, 0.05) is 9.35 Å². The zero-order valence-electron chi connectivity index (χ0n) is 10.4. The summed E-state index contributed by atoms with van der Waals surface area (Å²) < 4.78 is 0.739. The van der Waals surface area contributed by atoms with E-state index in [0.29, 0.717) is 5.56 Å². The zero-order valence-corrected chi connectivity index (χ0v) is 12.8. The molecule has 2 N–H and O–H groups in total. The normalized spacial score (nSPS) is 13.8. The van der Waals surface area contributed by atoms with Gasteiger partial charge in [0.05, 0.1) is 12.1 Å². The van der Waals surface area contributed by atoms with Crippen molar-refractivity contribution in [3.05, 3.63) is 56.7 Å². The Morgan fingerprint density at radius 1 is 1.37 bits per heavy atom. The second kappa shape index (κ2) is 5.86. The van der Waals surface area contributed by atoms with Crippen LogP contribution in [0.25, 0.3) is 0 Å². The van der Waals surface area contributed by atoms with Crippen LogP contribution in [-0.2, 0) is 5.60 Å². The predicted octanol–water partition coefficient (Wildman–Crippen LogP) is 3.15. The number of nitrogens with one attached hydrogen (secondary N) is 1. The van der Waals surface area contributed by atoms with Crippen LogP contribution in [0.4, 0.5) is 0 Å². The Labute approximate surface area is 124 Å². The zero-order chi connectivity index (χ0) is 13.9. The maximum Gasteiger partial charge on any atom is 0.252 e. The van der Waals surface area contributed by atoms with Gasteiger partial charge in [-0.1, -0.05) is 18.2 Å². The molecular weight excluding hydrogens is 326 g/mol. The highest BCUT2D eigenvalue weighted by molar-refractivity contribution is 9.10. The number of rotatable bonds is 4. The third-order valence-electron chi connectivity index (χ3n) is 2.76. The average molecular weight is 340 g/mol. The van der Waals surface area contributed by atoms with Gasteiger partial charge in [-0.2, -0.15) is 0 Å². The molecule has 0 aliphatic heterocycles. The summed E-state index contributed by atoms with van der Waals surface area (Å²) in [5, 5.41) is 15.0. The minimum atomic E-state index is -1.05. The van der Waals surface area contributed by atoms with E-state index in [2.05, 4.69) is 21.2 Å². The minimum absolute atomic E-state index is 0.174. The summed E-state index contributed by atoms with van der Waals surface area (Å²) in [6.45, 7) is 1.87. The second-order valence-electron chi connectivity index (χ2n) is 4.41. The van der Waals surface area contributed by atoms with Crippen molar-refractivity contribution in [3.8, 4) is 0 Å². The van der Waals surface area contributed by atoms with Gasteiger partial charge in [0.2, 0.25) is 0 Å². The first-order chi connectivity index (χ1) is 9.00. The highest BCUT2D eigenvalue weighted by Gasteiger charge is 2.25. The van der Waals surface area contributed by atoms with Crippen molar-refractivity contribution >= 4 is 33.2 Å². The van der Waals surface area contributed by atoms with Gasteiger partial charge in [0.1, 0.15) is 5.60 Å². The van der Waals surface area contributed by atoms with Gasteiger partial charge in [0.25, 0.3) is 5.91 Å². The number of amides is 1. The van der Waals surface area contributed by atoms with Gasteiger partial charge in [-0.25, -0.2) is 0 Å². The van der Waals surface area contributed by atoms with Crippen LogP contribution in [0.15, 0.2) is 46.3 Å². The van der Waals surface area contributed by atoms with Crippen LogP contribution in [-0.4, -0.2) is 17.6 Å². The number of carbonyl (C=O) groups excluding carboxylic acids is 1. The predicted molar refractivity (Wildman–Crippen MR) is 80.4 cm³/mol. The summed E-state index contributed by atoms with van der Waals surface area (Å²) in [5.74, 6) is -0.204. The van der Waals surface area contributed by atoms with Crippen molar-refractivity contribution in [2.75, 3.05) is 6.54 Å². The van der Waals surface area contributed by atoms with E-state index < -0.39 is 5.60 Å².